The van der Waals surface area contributed by atoms with Gasteiger partial charge in [0.25, 0.3) is 0 Å². The lowest BCUT2D eigenvalue weighted by Crippen LogP contribution is -2.17. The van der Waals surface area contributed by atoms with Crippen LogP contribution in [0, 0.1) is 13.8 Å². The molecule has 116 valence electrons. The number of carbonyl (C=O) groups excluding carboxylic acids is 1. The first kappa shape index (κ1) is 17.4. The molecule has 1 N–H and O–H groups in total. The van der Waals surface area contributed by atoms with Crippen LogP contribution in [-0.2, 0) is 0 Å². The first-order valence-electron chi connectivity index (χ1n) is 6.18. The van der Waals surface area contributed by atoms with E-state index >= 15 is 0 Å². The topological polar surface area (TPSA) is 38.3 Å². The molecule has 0 heterocycles. The molecule has 0 aliphatic heterocycles. The Balaban J connectivity index is 2.16. The number of halogens is 4. The Hall–Kier alpha value is -0.940. The van der Waals surface area contributed by atoms with Crippen molar-refractivity contribution in [3.05, 3.63) is 54.9 Å². The number of rotatable bonds is 2. The molecule has 0 spiro atoms. The average molecular weight is 424 g/mol. The van der Waals surface area contributed by atoms with E-state index < -0.39 is 6.09 Å². The number of hydrogen-bond acceptors (Lipinski definition) is 2. The Morgan fingerprint density at radius 3 is 2.14 bits per heavy atom. The van der Waals surface area contributed by atoms with Crippen LogP contribution in [0.5, 0.6) is 5.75 Å². The minimum absolute atomic E-state index is 0.273. The maximum Gasteiger partial charge on any atom is 0.417 e. The summed E-state index contributed by atoms with van der Waals surface area (Å²) in [4.78, 5) is 12.0. The number of anilines is 1. The first-order valence-corrected chi connectivity index (χ1v) is 8.10. The van der Waals surface area contributed by atoms with E-state index in [4.69, 9.17) is 39.5 Å². The maximum absolute atomic E-state index is 12.0. The van der Waals surface area contributed by atoms with E-state index in [2.05, 4.69) is 21.2 Å². The summed E-state index contributed by atoms with van der Waals surface area (Å²) in [6.07, 6.45) is -0.665. The SMILES string of the molecule is Cc1cc(OC(=O)Nc2cc(Cl)c(Cl)cc2Cl)cc(C)c1Br. The van der Waals surface area contributed by atoms with Gasteiger partial charge in [-0.3, -0.25) is 5.32 Å². The van der Waals surface area contributed by atoms with E-state index in [0.29, 0.717) is 16.5 Å². The molecule has 0 aliphatic rings. The summed E-state index contributed by atoms with van der Waals surface area (Å²) in [7, 11) is 0. The summed E-state index contributed by atoms with van der Waals surface area (Å²) in [5, 5.41) is 3.40. The van der Waals surface area contributed by atoms with E-state index in [0.717, 1.165) is 15.6 Å². The molecule has 0 unspecified atom stereocenters. The van der Waals surface area contributed by atoms with Gasteiger partial charge >= 0.3 is 6.09 Å². The lowest BCUT2D eigenvalue weighted by molar-refractivity contribution is 0.215. The third-order valence-electron chi connectivity index (χ3n) is 2.87. The average Bonchev–Trinajstić information content (AvgIpc) is 2.42. The Labute approximate surface area is 151 Å². The molecule has 3 nitrogen and oxygen atoms in total. The molecule has 22 heavy (non-hydrogen) atoms. The molecule has 0 aliphatic carbocycles. The van der Waals surface area contributed by atoms with Crippen LogP contribution in [-0.4, -0.2) is 6.09 Å². The van der Waals surface area contributed by atoms with Crippen LogP contribution in [0.3, 0.4) is 0 Å². The second-order valence-corrected chi connectivity index (χ2v) is 6.65. The molecule has 0 radical (unpaired) electrons. The molecule has 0 bridgehead atoms. The highest BCUT2D eigenvalue weighted by molar-refractivity contribution is 9.10. The molecule has 2 aromatic rings. The Morgan fingerprint density at radius 1 is 1.00 bits per heavy atom. The molecule has 2 aromatic carbocycles. The van der Waals surface area contributed by atoms with Gasteiger partial charge in [0.15, 0.2) is 0 Å². The monoisotopic (exact) mass is 421 g/mol. The molecule has 0 atom stereocenters. The summed E-state index contributed by atoms with van der Waals surface area (Å²) in [5.74, 6) is 0.437. The predicted molar refractivity (Wildman–Crippen MR) is 94.7 cm³/mol. The second-order valence-electron chi connectivity index (χ2n) is 4.63. The van der Waals surface area contributed by atoms with E-state index in [1.807, 2.05) is 13.8 Å². The normalized spacial score (nSPS) is 10.5. The van der Waals surface area contributed by atoms with Gasteiger partial charge in [-0.25, -0.2) is 4.79 Å². The van der Waals surface area contributed by atoms with Crippen LogP contribution in [0.25, 0.3) is 0 Å². The van der Waals surface area contributed by atoms with Gasteiger partial charge in [-0.2, -0.15) is 0 Å². The molecular weight excluding hydrogens is 412 g/mol. The zero-order valence-corrected chi connectivity index (χ0v) is 15.5. The van der Waals surface area contributed by atoms with Gasteiger partial charge < -0.3 is 4.74 Å². The van der Waals surface area contributed by atoms with Crippen LogP contribution in [0.15, 0.2) is 28.7 Å². The van der Waals surface area contributed by atoms with Crippen molar-refractivity contribution in [1.82, 2.24) is 0 Å². The van der Waals surface area contributed by atoms with Crippen molar-refractivity contribution in [2.45, 2.75) is 13.8 Å². The number of nitrogens with one attached hydrogen (secondary N) is 1. The van der Waals surface area contributed by atoms with Crippen molar-refractivity contribution in [2.24, 2.45) is 0 Å². The van der Waals surface area contributed by atoms with Gasteiger partial charge in [0.05, 0.1) is 20.8 Å². The van der Waals surface area contributed by atoms with Crippen molar-refractivity contribution in [2.75, 3.05) is 5.32 Å². The summed E-state index contributed by atoms with van der Waals surface area (Å²) < 4.78 is 6.23. The van der Waals surface area contributed by atoms with E-state index in [9.17, 15) is 4.79 Å². The van der Waals surface area contributed by atoms with Gasteiger partial charge in [-0.15, -0.1) is 0 Å². The lowest BCUT2D eigenvalue weighted by atomic mass is 10.1. The van der Waals surface area contributed by atoms with Gasteiger partial charge in [-0.1, -0.05) is 50.7 Å². The van der Waals surface area contributed by atoms with E-state index in [-0.39, 0.29) is 10.0 Å². The third-order valence-corrected chi connectivity index (χ3v) is 5.15. The molecular formula is C15H11BrCl3NO2. The molecule has 1 amide bonds. The number of hydrogen-bond donors (Lipinski definition) is 1. The Morgan fingerprint density at radius 2 is 1.55 bits per heavy atom. The third kappa shape index (κ3) is 4.07. The summed E-state index contributed by atoms with van der Waals surface area (Å²) in [6.45, 7) is 3.83. The van der Waals surface area contributed by atoms with Crippen LogP contribution < -0.4 is 10.1 Å². The number of aryl methyl sites for hydroxylation is 2. The smallest absolute Gasteiger partial charge is 0.410 e. The van der Waals surface area contributed by atoms with E-state index in [1.165, 1.54) is 12.1 Å². The minimum Gasteiger partial charge on any atom is -0.410 e. The Bertz CT molecular complexity index is 727. The van der Waals surface area contributed by atoms with Gasteiger partial charge in [0.1, 0.15) is 5.75 Å². The number of ether oxygens (including phenoxy) is 1. The molecule has 0 aromatic heterocycles. The zero-order valence-electron chi connectivity index (χ0n) is 11.6. The first-order chi connectivity index (χ1) is 10.3. The van der Waals surface area contributed by atoms with Crippen LogP contribution in [0.2, 0.25) is 15.1 Å². The number of amides is 1. The molecule has 7 heteroatoms. The number of carbonyl (C=O) groups is 1. The zero-order chi connectivity index (χ0) is 16.4. The second kappa shape index (κ2) is 7.09. The van der Waals surface area contributed by atoms with Crippen LogP contribution in [0.4, 0.5) is 10.5 Å². The fourth-order valence-electron chi connectivity index (χ4n) is 1.83. The highest BCUT2D eigenvalue weighted by Gasteiger charge is 2.12. The predicted octanol–water partition coefficient (Wildman–Crippen LogP) is 6.64. The quantitative estimate of drug-likeness (QED) is 0.550. The summed E-state index contributed by atoms with van der Waals surface area (Å²) >= 11 is 21.2. The number of benzene rings is 2. The van der Waals surface area contributed by atoms with Crippen LogP contribution in [0.1, 0.15) is 11.1 Å². The summed E-state index contributed by atoms with van der Waals surface area (Å²) in [5.41, 5.74) is 2.26. The van der Waals surface area contributed by atoms with Crippen molar-refractivity contribution >= 4 is 62.5 Å². The standard InChI is InChI=1S/C15H11BrCl3NO2/c1-7-3-9(4-8(2)14(7)16)22-15(21)20-13-6-11(18)10(17)5-12(13)19/h3-6H,1-2H3,(H,20,21). The lowest BCUT2D eigenvalue weighted by Gasteiger charge is -2.11. The largest absolute Gasteiger partial charge is 0.417 e. The Kier molecular flexibility index (Phi) is 5.61. The molecule has 2 rings (SSSR count). The maximum atomic E-state index is 12.0. The van der Waals surface area contributed by atoms with E-state index in [1.54, 1.807) is 12.1 Å². The van der Waals surface area contributed by atoms with Crippen molar-refractivity contribution < 1.29 is 9.53 Å². The minimum atomic E-state index is -0.665. The summed E-state index contributed by atoms with van der Waals surface area (Å²) in [6, 6.07) is 6.43. The fourth-order valence-corrected chi connectivity index (χ4v) is 2.65. The molecule has 0 saturated carbocycles. The van der Waals surface area contributed by atoms with Crippen LogP contribution >= 0.6 is 50.7 Å². The highest BCUT2D eigenvalue weighted by atomic mass is 79.9. The highest BCUT2D eigenvalue weighted by Crippen LogP contribution is 2.32. The fraction of sp³-hybridized carbons (Fsp3) is 0.133. The van der Waals surface area contributed by atoms with Gasteiger partial charge in [-0.05, 0) is 49.2 Å². The molecule has 0 saturated heterocycles. The van der Waals surface area contributed by atoms with Gasteiger partial charge in [0, 0.05) is 4.47 Å². The molecule has 0 fully saturated rings. The van der Waals surface area contributed by atoms with Crippen molar-refractivity contribution in [3.63, 3.8) is 0 Å². The van der Waals surface area contributed by atoms with Crippen molar-refractivity contribution in [1.29, 1.82) is 0 Å². The van der Waals surface area contributed by atoms with Gasteiger partial charge in [0.2, 0.25) is 0 Å². The van der Waals surface area contributed by atoms with Crippen molar-refractivity contribution in [3.8, 4) is 5.75 Å².